The molecule has 106 valence electrons. The van der Waals surface area contributed by atoms with E-state index in [0.717, 1.165) is 12.5 Å². The van der Waals surface area contributed by atoms with Gasteiger partial charge < -0.3 is 14.8 Å². The molecule has 1 saturated heterocycles. The molecule has 1 aromatic rings. The van der Waals surface area contributed by atoms with Crippen molar-refractivity contribution in [3.63, 3.8) is 0 Å². The van der Waals surface area contributed by atoms with Gasteiger partial charge in [0.05, 0.1) is 12.7 Å². The van der Waals surface area contributed by atoms with Crippen LogP contribution in [0.3, 0.4) is 0 Å². The third kappa shape index (κ3) is 3.81. The van der Waals surface area contributed by atoms with Crippen LogP contribution in [0, 0.1) is 0 Å². The zero-order valence-corrected chi connectivity index (χ0v) is 10.4. The normalized spacial score (nSPS) is 24.2. The molecular formula is C12H15F3N2O2. The minimum absolute atomic E-state index is 0.0486. The van der Waals surface area contributed by atoms with Crippen molar-refractivity contribution in [2.24, 2.45) is 0 Å². The molecule has 0 amide bonds. The number of pyridine rings is 1. The lowest BCUT2D eigenvalue weighted by Gasteiger charge is -2.29. The zero-order valence-electron chi connectivity index (χ0n) is 10.4. The SMILES string of the molecule is COC1CCC(Nc2cccc(C(F)(F)F)n2)OC1. The number of nitrogens with one attached hydrogen (secondary N) is 1. The molecule has 1 aliphatic rings. The number of rotatable bonds is 3. The van der Waals surface area contributed by atoms with Crippen molar-refractivity contribution in [2.75, 3.05) is 19.0 Å². The maximum Gasteiger partial charge on any atom is 0.433 e. The zero-order chi connectivity index (χ0) is 13.9. The van der Waals surface area contributed by atoms with Gasteiger partial charge in [0.15, 0.2) is 0 Å². The molecule has 2 unspecified atom stereocenters. The van der Waals surface area contributed by atoms with Crippen molar-refractivity contribution >= 4 is 5.82 Å². The average Bonchev–Trinajstić information content (AvgIpc) is 2.39. The molecule has 1 aliphatic heterocycles. The highest BCUT2D eigenvalue weighted by atomic mass is 19.4. The minimum Gasteiger partial charge on any atom is -0.379 e. The average molecular weight is 276 g/mol. The number of ether oxygens (including phenoxy) is 2. The van der Waals surface area contributed by atoms with Crippen LogP contribution < -0.4 is 5.32 Å². The van der Waals surface area contributed by atoms with Gasteiger partial charge >= 0.3 is 6.18 Å². The second kappa shape index (κ2) is 5.75. The Morgan fingerprint density at radius 2 is 2.16 bits per heavy atom. The number of methoxy groups -OCH3 is 1. The number of aromatic nitrogens is 1. The van der Waals surface area contributed by atoms with Crippen LogP contribution >= 0.6 is 0 Å². The van der Waals surface area contributed by atoms with E-state index in [4.69, 9.17) is 9.47 Å². The van der Waals surface area contributed by atoms with E-state index in [1.54, 1.807) is 7.11 Å². The summed E-state index contributed by atoms with van der Waals surface area (Å²) in [5, 5.41) is 2.85. The van der Waals surface area contributed by atoms with Gasteiger partial charge in [-0.05, 0) is 25.0 Å². The monoisotopic (exact) mass is 276 g/mol. The third-order valence-corrected chi connectivity index (χ3v) is 2.92. The van der Waals surface area contributed by atoms with Crippen molar-refractivity contribution in [1.29, 1.82) is 0 Å². The molecule has 0 bridgehead atoms. The third-order valence-electron chi connectivity index (χ3n) is 2.92. The molecule has 19 heavy (non-hydrogen) atoms. The summed E-state index contributed by atoms with van der Waals surface area (Å²) in [6.45, 7) is 0.424. The van der Waals surface area contributed by atoms with Crippen molar-refractivity contribution in [3.8, 4) is 0 Å². The first-order valence-electron chi connectivity index (χ1n) is 5.94. The fourth-order valence-corrected chi connectivity index (χ4v) is 1.87. The highest BCUT2D eigenvalue weighted by molar-refractivity contribution is 5.36. The molecule has 2 atom stereocenters. The van der Waals surface area contributed by atoms with Crippen molar-refractivity contribution in [1.82, 2.24) is 4.98 Å². The van der Waals surface area contributed by atoms with E-state index in [2.05, 4.69) is 10.3 Å². The number of hydrogen-bond donors (Lipinski definition) is 1. The highest BCUT2D eigenvalue weighted by Crippen LogP contribution is 2.28. The smallest absolute Gasteiger partial charge is 0.379 e. The van der Waals surface area contributed by atoms with E-state index in [9.17, 15) is 13.2 Å². The van der Waals surface area contributed by atoms with Gasteiger partial charge in [0.1, 0.15) is 17.7 Å². The minimum atomic E-state index is -4.44. The predicted octanol–water partition coefficient (Wildman–Crippen LogP) is 2.66. The predicted molar refractivity (Wildman–Crippen MR) is 62.6 cm³/mol. The van der Waals surface area contributed by atoms with Gasteiger partial charge in [0.2, 0.25) is 0 Å². The molecule has 1 fully saturated rings. The van der Waals surface area contributed by atoms with Gasteiger partial charge in [0, 0.05) is 7.11 Å². The standard InChI is InChI=1S/C12H15F3N2O2/c1-18-8-5-6-11(19-7-8)17-10-4-2-3-9(16-10)12(13,14)15/h2-4,8,11H,5-7H2,1H3,(H,16,17). The first-order valence-corrected chi connectivity index (χ1v) is 5.94. The van der Waals surface area contributed by atoms with E-state index in [0.29, 0.717) is 13.0 Å². The molecule has 0 spiro atoms. The maximum absolute atomic E-state index is 12.5. The lowest BCUT2D eigenvalue weighted by molar-refractivity contribution is -0.141. The topological polar surface area (TPSA) is 43.4 Å². The summed E-state index contributed by atoms with van der Waals surface area (Å²) < 4.78 is 48.1. The van der Waals surface area contributed by atoms with E-state index >= 15 is 0 Å². The molecule has 0 aromatic carbocycles. The van der Waals surface area contributed by atoms with Crippen LogP contribution in [-0.4, -0.2) is 31.0 Å². The van der Waals surface area contributed by atoms with Gasteiger partial charge in [-0.3, -0.25) is 0 Å². The van der Waals surface area contributed by atoms with Crippen molar-refractivity contribution < 1.29 is 22.6 Å². The van der Waals surface area contributed by atoms with Gasteiger partial charge in [0.25, 0.3) is 0 Å². The summed E-state index contributed by atoms with van der Waals surface area (Å²) in [6, 6.07) is 3.74. The van der Waals surface area contributed by atoms with E-state index in [-0.39, 0.29) is 18.1 Å². The van der Waals surface area contributed by atoms with Gasteiger partial charge in [-0.15, -0.1) is 0 Å². The largest absolute Gasteiger partial charge is 0.433 e. The molecule has 7 heteroatoms. The highest BCUT2D eigenvalue weighted by Gasteiger charge is 2.32. The van der Waals surface area contributed by atoms with Crippen LogP contribution in [0.5, 0.6) is 0 Å². The Balaban J connectivity index is 1.97. The number of hydrogen-bond acceptors (Lipinski definition) is 4. The van der Waals surface area contributed by atoms with E-state index in [1.165, 1.54) is 12.1 Å². The Morgan fingerprint density at radius 1 is 1.37 bits per heavy atom. The fraction of sp³-hybridized carbons (Fsp3) is 0.583. The number of anilines is 1. The lowest BCUT2D eigenvalue weighted by atomic mass is 10.1. The molecule has 0 saturated carbocycles. The molecule has 1 N–H and O–H groups in total. The Labute approximate surface area is 108 Å². The summed E-state index contributed by atoms with van der Waals surface area (Å²) in [7, 11) is 1.61. The summed E-state index contributed by atoms with van der Waals surface area (Å²) in [5.74, 6) is 0.163. The van der Waals surface area contributed by atoms with Crippen molar-refractivity contribution in [2.45, 2.75) is 31.3 Å². The first-order chi connectivity index (χ1) is 8.99. The van der Waals surface area contributed by atoms with Gasteiger partial charge in [-0.25, -0.2) is 4.98 Å². The van der Waals surface area contributed by atoms with E-state index in [1.807, 2.05) is 0 Å². The molecular weight excluding hydrogens is 261 g/mol. The van der Waals surface area contributed by atoms with Crippen LogP contribution in [0.25, 0.3) is 0 Å². The second-order valence-electron chi connectivity index (χ2n) is 4.31. The molecule has 2 heterocycles. The van der Waals surface area contributed by atoms with E-state index < -0.39 is 11.9 Å². The lowest BCUT2D eigenvalue weighted by Crippen LogP contribution is -2.35. The van der Waals surface area contributed by atoms with Gasteiger partial charge in [-0.2, -0.15) is 13.2 Å². The Kier molecular flexibility index (Phi) is 4.26. The molecule has 1 aromatic heterocycles. The molecule has 4 nitrogen and oxygen atoms in total. The fourth-order valence-electron chi connectivity index (χ4n) is 1.87. The first kappa shape index (κ1) is 14.1. The quantitative estimate of drug-likeness (QED) is 0.921. The van der Waals surface area contributed by atoms with Crippen LogP contribution in [0.15, 0.2) is 18.2 Å². The summed E-state index contributed by atoms with van der Waals surface area (Å²) in [6.07, 6.45) is -3.26. The Bertz CT molecular complexity index is 418. The summed E-state index contributed by atoms with van der Waals surface area (Å²) in [5.41, 5.74) is -0.914. The maximum atomic E-state index is 12.5. The van der Waals surface area contributed by atoms with Crippen LogP contribution in [0.4, 0.5) is 19.0 Å². The Morgan fingerprint density at radius 3 is 2.74 bits per heavy atom. The molecule has 0 radical (unpaired) electrons. The number of alkyl halides is 3. The summed E-state index contributed by atoms with van der Waals surface area (Å²) >= 11 is 0. The number of halogens is 3. The van der Waals surface area contributed by atoms with Crippen LogP contribution in [-0.2, 0) is 15.7 Å². The molecule has 2 rings (SSSR count). The molecule has 0 aliphatic carbocycles. The second-order valence-corrected chi connectivity index (χ2v) is 4.31. The van der Waals surface area contributed by atoms with Crippen LogP contribution in [0.1, 0.15) is 18.5 Å². The van der Waals surface area contributed by atoms with Gasteiger partial charge in [-0.1, -0.05) is 6.07 Å². The summed E-state index contributed by atoms with van der Waals surface area (Å²) in [4.78, 5) is 3.53. The Hall–Kier alpha value is -1.34. The van der Waals surface area contributed by atoms with Crippen LogP contribution in [0.2, 0.25) is 0 Å². The van der Waals surface area contributed by atoms with Crippen molar-refractivity contribution in [3.05, 3.63) is 23.9 Å². The number of nitrogens with zero attached hydrogens (tertiary/aromatic N) is 1.